The molecule has 2 bridgehead atoms. The van der Waals surface area contributed by atoms with E-state index >= 15 is 4.39 Å². The number of aromatic nitrogens is 4. The van der Waals surface area contributed by atoms with Crippen molar-refractivity contribution < 1.29 is 22.7 Å². The molecule has 0 aliphatic carbocycles. The summed E-state index contributed by atoms with van der Waals surface area (Å²) in [6, 6.07) is 5.66. The summed E-state index contributed by atoms with van der Waals surface area (Å²) in [5.74, 6) is 0.149. The predicted octanol–water partition coefficient (Wildman–Crippen LogP) is 3.52. The molecule has 36 heavy (non-hydrogen) atoms. The topological polar surface area (TPSA) is 87.4 Å². The number of hydrogen-bond acceptors (Lipinski definition) is 7. The third-order valence-corrected chi connectivity index (χ3v) is 7.46. The van der Waals surface area contributed by atoms with Crippen molar-refractivity contribution in [3.63, 3.8) is 0 Å². The molecule has 1 N–H and O–H groups in total. The van der Waals surface area contributed by atoms with E-state index in [2.05, 4.69) is 20.1 Å². The second-order valence-electron chi connectivity index (χ2n) is 9.63. The van der Waals surface area contributed by atoms with Crippen LogP contribution in [0.1, 0.15) is 25.7 Å². The molecule has 192 valence electrons. The average Bonchev–Trinajstić information content (AvgIpc) is 2.82. The lowest BCUT2D eigenvalue weighted by molar-refractivity contribution is -0.141. The third-order valence-electron chi connectivity index (χ3n) is 7.46. The van der Waals surface area contributed by atoms with E-state index in [0.717, 1.165) is 31.7 Å². The molecule has 1 aromatic carbocycles. The smallest absolute Gasteiger partial charge is 0.406 e. The Labute approximate surface area is 204 Å². The van der Waals surface area contributed by atoms with Crippen LogP contribution in [0.5, 0.6) is 5.75 Å². The van der Waals surface area contributed by atoms with Gasteiger partial charge >= 0.3 is 6.18 Å². The van der Waals surface area contributed by atoms with Crippen LogP contribution in [0.15, 0.2) is 35.4 Å². The number of hydrogen-bond donors (Lipinski definition) is 1. The number of anilines is 1. The van der Waals surface area contributed by atoms with Crippen molar-refractivity contribution >= 4 is 16.7 Å². The summed E-state index contributed by atoms with van der Waals surface area (Å²) in [4.78, 5) is 20.4. The van der Waals surface area contributed by atoms with Crippen molar-refractivity contribution in [1.29, 1.82) is 0 Å². The summed E-state index contributed by atoms with van der Waals surface area (Å²) in [5, 5.41) is 18.8. The number of aromatic hydroxyl groups is 1. The lowest BCUT2D eigenvalue weighted by Crippen LogP contribution is -2.62. The number of nitrogens with zero attached hydrogens (tertiary/aromatic N) is 6. The Morgan fingerprint density at radius 1 is 1.19 bits per heavy atom. The largest absolute Gasteiger partial charge is 0.507 e. The highest BCUT2D eigenvalue weighted by Crippen LogP contribution is 2.37. The maximum Gasteiger partial charge on any atom is 0.406 e. The molecule has 2 fully saturated rings. The van der Waals surface area contributed by atoms with Crippen LogP contribution in [0.2, 0.25) is 0 Å². The maximum atomic E-state index is 15.3. The number of phenols is 1. The van der Waals surface area contributed by atoms with Gasteiger partial charge in [-0.05, 0) is 50.6 Å². The quantitative estimate of drug-likeness (QED) is 0.542. The van der Waals surface area contributed by atoms with E-state index < -0.39 is 24.5 Å². The monoisotopic (exact) mass is 506 g/mol. The van der Waals surface area contributed by atoms with Gasteiger partial charge in [0.1, 0.15) is 18.5 Å². The predicted molar refractivity (Wildman–Crippen MR) is 126 cm³/mol. The van der Waals surface area contributed by atoms with Crippen molar-refractivity contribution in [2.45, 2.75) is 62.7 Å². The van der Waals surface area contributed by atoms with Gasteiger partial charge in [0.05, 0.1) is 29.0 Å². The lowest BCUT2D eigenvalue weighted by Gasteiger charge is -2.51. The Morgan fingerprint density at radius 3 is 2.67 bits per heavy atom. The number of phenolic OH excluding ortho intramolecular Hbond substituents is 1. The van der Waals surface area contributed by atoms with Crippen LogP contribution in [0.3, 0.4) is 0 Å². The lowest BCUT2D eigenvalue weighted by atomic mass is 9.80. The second kappa shape index (κ2) is 8.99. The molecule has 2 aromatic heterocycles. The van der Waals surface area contributed by atoms with E-state index in [1.165, 1.54) is 6.07 Å². The van der Waals surface area contributed by atoms with Crippen molar-refractivity contribution in [1.82, 2.24) is 24.6 Å². The van der Waals surface area contributed by atoms with E-state index in [0.29, 0.717) is 22.8 Å². The van der Waals surface area contributed by atoms with Crippen LogP contribution < -0.4 is 10.5 Å². The second-order valence-corrected chi connectivity index (χ2v) is 9.63. The zero-order valence-corrected chi connectivity index (χ0v) is 19.8. The van der Waals surface area contributed by atoms with E-state index in [1.54, 1.807) is 19.2 Å². The zero-order chi connectivity index (χ0) is 25.8. The highest BCUT2D eigenvalue weighted by molar-refractivity contribution is 5.86. The van der Waals surface area contributed by atoms with Gasteiger partial charge < -0.3 is 10.0 Å². The fourth-order valence-corrected chi connectivity index (χ4v) is 5.48. The normalized spacial score (nSPS) is 24.7. The summed E-state index contributed by atoms with van der Waals surface area (Å²) >= 11 is 0. The molecule has 12 heteroatoms. The van der Waals surface area contributed by atoms with Gasteiger partial charge in [0.15, 0.2) is 5.82 Å². The van der Waals surface area contributed by atoms with Crippen LogP contribution >= 0.6 is 0 Å². The summed E-state index contributed by atoms with van der Waals surface area (Å²) in [5.41, 5.74) is -0.287. The Kier molecular flexibility index (Phi) is 6.09. The fraction of sp³-hybridized carbons (Fsp3) is 0.500. The molecule has 2 unspecified atom stereocenters. The molecular formula is C24H26F4N6O2. The van der Waals surface area contributed by atoms with Crippen molar-refractivity contribution in [2.75, 3.05) is 19.0 Å². The van der Waals surface area contributed by atoms with Crippen molar-refractivity contribution in [3.8, 4) is 17.0 Å². The SMILES string of the molecule is CN1C2CCCC1[C@H](F)[C@H](N(C)c1ccc(-c3cc4ncn(CC(F)(F)F)c(=O)c4cc3O)nn1)C2. The molecule has 3 aromatic rings. The minimum Gasteiger partial charge on any atom is -0.507 e. The van der Waals surface area contributed by atoms with Crippen LogP contribution in [0, 0.1) is 0 Å². The molecule has 0 spiro atoms. The van der Waals surface area contributed by atoms with Crippen LogP contribution in [-0.2, 0) is 6.54 Å². The van der Waals surface area contributed by atoms with Gasteiger partial charge in [-0.2, -0.15) is 13.2 Å². The molecule has 0 radical (unpaired) electrons. The summed E-state index contributed by atoms with van der Waals surface area (Å²) in [6.45, 7) is -1.48. The molecule has 2 aliphatic heterocycles. The van der Waals surface area contributed by atoms with Crippen molar-refractivity contribution in [2.24, 2.45) is 0 Å². The minimum atomic E-state index is -4.58. The third kappa shape index (κ3) is 4.38. The minimum absolute atomic E-state index is 0.111. The first kappa shape index (κ1) is 24.4. The highest BCUT2D eigenvalue weighted by Gasteiger charge is 2.45. The number of alkyl halides is 4. The van der Waals surface area contributed by atoms with Gasteiger partial charge in [0.25, 0.3) is 5.56 Å². The van der Waals surface area contributed by atoms with Crippen molar-refractivity contribution in [3.05, 3.63) is 40.9 Å². The number of rotatable bonds is 4. The zero-order valence-electron chi connectivity index (χ0n) is 19.8. The average molecular weight is 507 g/mol. The molecular weight excluding hydrogens is 480 g/mol. The highest BCUT2D eigenvalue weighted by atomic mass is 19.4. The van der Waals surface area contributed by atoms with Crippen LogP contribution in [-0.4, -0.2) is 74.3 Å². The van der Waals surface area contributed by atoms with E-state index in [-0.39, 0.29) is 40.0 Å². The van der Waals surface area contributed by atoms with Gasteiger partial charge in [-0.25, -0.2) is 9.37 Å². The van der Waals surface area contributed by atoms with Gasteiger partial charge in [-0.15, -0.1) is 10.2 Å². The number of piperidine rings is 2. The van der Waals surface area contributed by atoms with Gasteiger partial charge in [0, 0.05) is 24.7 Å². The molecule has 5 rings (SSSR count). The molecule has 2 saturated heterocycles. The number of halogens is 4. The van der Waals surface area contributed by atoms with Crippen LogP contribution in [0.4, 0.5) is 23.4 Å². The Balaban J connectivity index is 1.41. The summed E-state index contributed by atoms with van der Waals surface area (Å²) in [7, 11) is 3.79. The first-order valence-electron chi connectivity index (χ1n) is 11.8. The summed E-state index contributed by atoms with van der Waals surface area (Å²) < 4.78 is 53.9. The van der Waals surface area contributed by atoms with Gasteiger partial charge in [-0.1, -0.05) is 6.42 Å². The molecule has 0 saturated carbocycles. The van der Waals surface area contributed by atoms with Gasteiger partial charge in [0.2, 0.25) is 0 Å². The number of benzene rings is 1. The first-order valence-corrected chi connectivity index (χ1v) is 11.8. The first-order chi connectivity index (χ1) is 17.0. The number of fused-ring (bicyclic) bond motifs is 3. The Bertz CT molecular complexity index is 1330. The molecule has 0 amide bonds. The molecule has 2 aliphatic rings. The van der Waals surface area contributed by atoms with E-state index in [4.69, 9.17) is 0 Å². The molecule has 4 atom stereocenters. The van der Waals surface area contributed by atoms with E-state index in [9.17, 15) is 23.1 Å². The molecule has 8 nitrogen and oxygen atoms in total. The van der Waals surface area contributed by atoms with E-state index in [1.807, 2.05) is 11.9 Å². The van der Waals surface area contributed by atoms with Crippen LogP contribution in [0.25, 0.3) is 22.2 Å². The fourth-order valence-electron chi connectivity index (χ4n) is 5.48. The maximum absolute atomic E-state index is 15.3. The Hall–Kier alpha value is -3.28. The molecule has 4 heterocycles. The summed E-state index contributed by atoms with van der Waals surface area (Å²) in [6.07, 6.45) is -1.17. The Morgan fingerprint density at radius 2 is 1.97 bits per heavy atom. The standard InChI is InChI=1S/C24H26F4N6O2/c1-32-13-4-3-5-18(32)22(25)19(8-13)33(2)21-7-6-16(30-31-21)14-9-17-15(10-20(14)35)23(36)34(12-29-17)11-24(26,27)28/h6-7,9-10,12-13,18-19,22,35H,3-5,8,11H2,1-2H3/t13?,18?,19-,22+/m1/s1. The van der Waals surface area contributed by atoms with Gasteiger partial charge in [-0.3, -0.25) is 14.3 Å².